The lowest BCUT2D eigenvalue weighted by Crippen LogP contribution is -2.46. The Hall–Kier alpha value is -0.200. The summed E-state index contributed by atoms with van der Waals surface area (Å²) in [4.78, 5) is -2.20. The summed E-state index contributed by atoms with van der Waals surface area (Å²) >= 11 is 0. The fourth-order valence-electron chi connectivity index (χ4n) is 1.31. The standard InChI is InChI=1S/C9H22N2O3/c1-3-5-6-7-10-9(4-2)8-11(12,13)14/h9-10,12-13H,3-8H2,1-2H3. The number of hydroxylamine groups is 3. The van der Waals surface area contributed by atoms with Crippen LogP contribution in [0.2, 0.25) is 0 Å². The van der Waals surface area contributed by atoms with Crippen LogP contribution in [0.25, 0.3) is 0 Å². The molecule has 14 heavy (non-hydrogen) atoms. The van der Waals surface area contributed by atoms with E-state index in [0.717, 1.165) is 32.2 Å². The molecule has 0 spiro atoms. The molecular formula is C9H22N2O3. The van der Waals surface area contributed by atoms with Crippen LogP contribution in [0.5, 0.6) is 0 Å². The lowest BCUT2D eigenvalue weighted by Gasteiger charge is -2.28. The zero-order chi connectivity index (χ0) is 11.0. The molecule has 1 atom stereocenters. The molecule has 0 saturated carbocycles. The molecule has 0 aliphatic carbocycles. The molecule has 86 valence electrons. The highest BCUT2D eigenvalue weighted by atomic mass is 17.1. The van der Waals surface area contributed by atoms with Crippen molar-refractivity contribution in [3.8, 4) is 0 Å². The Balaban J connectivity index is 3.58. The van der Waals surface area contributed by atoms with E-state index in [4.69, 9.17) is 10.4 Å². The van der Waals surface area contributed by atoms with Gasteiger partial charge in [0.15, 0.2) is 6.54 Å². The zero-order valence-electron chi connectivity index (χ0n) is 9.07. The Kier molecular flexibility index (Phi) is 7.04. The first-order valence-corrected chi connectivity index (χ1v) is 5.27. The van der Waals surface area contributed by atoms with Crippen molar-refractivity contribution in [3.63, 3.8) is 0 Å². The first-order chi connectivity index (χ1) is 6.49. The Bertz CT molecular complexity index is 137. The predicted octanol–water partition coefficient (Wildman–Crippen LogP) is 1.64. The molecule has 0 saturated heterocycles. The van der Waals surface area contributed by atoms with E-state index >= 15 is 0 Å². The normalized spacial score (nSPS) is 14.4. The van der Waals surface area contributed by atoms with Crippen molar-refractivity contribution in [2.24, 2.45) is 0 Å². The van der Waals surface area contributed by atoms with Crippen LogP contribution in [0, 0.1) is 5.21 Å². The molecule has 0 aliphatic rings. The second kappa shape index (κ2) is 7.14. The van der Waals surface area contributed by atoms with Gasteiger partial charge in [-0.3, -0.25) is 0 Å². The minimum absolute atomic E-state index is 0.126. The van der Waals surface area contributed by atoms with Gasteiger partial charge in [-0.25, -0.2) is 0 Å². The molecule has 3 N–H and O–H groups in total. The molecule has 0 rings (SSSR count). The minimum Gasteiger partial charge on any atom is -0.564 e. The van der Waals surface area contributed by atoms with E-state index in [1.54, 1.807) is 0 Å². The molecule has 0 aromatic rings. The van der Waals surface area contributed by atoms with E-state index < -0.39 is 4.97 Å². The highest BCUT2D eigenvalue weighted by Gasteiger charge is 2.17. The van der Waals surface area contributed by atoms with E-state index in [2.05, 4.69) is 12.2 Å². The number of quaternary nitrogens is 1. The number of unbranched alkanes of at least 4 members (excludes halogenated alkanes) is 2. The second-order valence-electron chi connectivity index (χ2n) is 3.61. The molecule has 5 nitrogen and oxygen atoms in total. The fourth-order valence-corrected chi connectivity index (χ4v) is 1.31. The average Bonchev–Trinajstić information content (AvgIpc) is 2.08. The number of nitrogens with zero attached hydrogens (tertiary/aromatic N) is 1. The summed E-state index contributed by atoms with van der Waals surface area (Å²) in [6.45, 7) is 4.64. The SMILES string of the molecule is CCCCCNC(CC)C[N+]([O-])(O)O. The molecule has 5 heteroatoms. The molecule has 1 unspecified atom stereocenters. The van der Waals surface area contributed by atoms with Gasteiger partial charge >= 0.3 is 0 Å². The van der Waals surface area contributed by atoms with Gasteiger partial charge in [0.2, 0.25) is 0 Å². The van der Waals surface area contributed by atoms with Gasteiger partial charge in [-0.15, -0.1) is 0 Å². The third-order valence-corrected chi connectivity index (χ3v) is 2.16. The molecule has 0 radical (unpaired) electrons. The first kappa shape index (κ1) is 13.8. The summed E-state index contributed by atoms with van der Waals surface area (Å²) < 4.78 is 0. The molecule has 0 bridgehead atoms. The van der Waals surface area contributed by atoms with Crippen molar-refractivity contribution < 1.29 is 15.4 Å². The van der Waals surface area contributed by atoms with E-state index in [1.165, 1.54) is 0 Å². The second-order valence-corrected chi connectivity index (χ2v) is 3.61. The van der Waals surface area contributed by atoms with Crippen molar-refractivity contribution in [1.29, 1.82) is 0 Å². The quantitative estimate of drug-likeness (QED) is 0.320. The van der Waals surface area contributed by atoms with Crippen LogP contribution < -0.4 is 5.32 Å². The minimum atomic E-state index is -2.20. The maximum absolute atomic E-state index is 10.6. The smallest absolute Gasteiger partial charge is 0.157 e. The summed E-state index contributed by atoms with van der Waals surface area (Å²) in [5, 5.41) is 30.9. The van der Waals surface area contributed by atoms with Gasteiger partial charge in [0.05, 0.1) is 6.04 Å². The van der Waals surface area contributed by atoms with Crippen molar-refractivity contribution in [3.05, 3.63) is 5.21 Å². The van der Waals surface area contributed by atoms with Crippen LogP contribution in [-0.2, 0) is 0 Å². The highest BCUT2D eigenvalue weighted by molar-refractivity contribution is 4.62. The van der Waals surface area contributed by atoms with Crippen LogP contribution in [-0.4, -0.2) is 34.5 Å². The Morgan fingerprint density at radius 2 is 1.93 bits per heavy atom. The Morgan fingerprint density at radius 1 is 1.29 bits per heavy atom. The maximum atomic E-state index is 10.6. The third kappa shape index (κ3) is 8.40. The number of nitrogens with one attached hydrogen (secondary N) is 1. The molecule has 0 fully saturated rings. The van der Waals surface area contributed by atoms with Gasteiger partial charge in [0.1, 0.15) is 0 Å². The van der Waals surface area contributed by atoms with Crippen LogP contribution in [0.4, 0.5) is 0 Å². The largest absolute Gasteiger partial charge is 0.564 e. The highest BCUT2D eigenvalue weighted by Crippen LogP contribution is 2.00. The fraction of sp³-hybridized carbons (Fsp3) is 1.00. The molecule has 0 amide bonds. The summed E-state index contributed by atoms with van der Waals surface area (Å²) in [7, 11) is 0. The van der Waals surface area contributed by atoms with Gasteiger partial charge in [0.25, 0.3) is 0 Å². The van der Waals surface area contributed by atoms with E-state index in [1.807, 2.05) is 6.92 Å². The summed E-state index contributed by atoms with van der Waals surface area (Å²) in [6.07, 6.45) is 4.08. The van der Waals surface area contributed by atoms with Crippen molar-refractivity contribution in [2.75, 3.05) is 13.1 Å². The number of rotatable bonds is 8. The van der Waals surface area contributed by atoms with Gasteiger partial charge in [0, 0.05) is 0 Å². The van der Waals surface area contributed by atoms with Crippen LogP contribution >= 0.6 is 0 Å². The topological polar surface area (TPSA) is 75.5 Å². The van der Waals surface area contributed by atoms with E-state index in [-0.39, 0.29) is 12.6 Å². The maximum Gasteiger partial charge on any atom is 0.157 e. The van der Waals surface area contributed by atoms with Gasteiger partial charge in [-0.2, -0.15) is 10.4 Å². The molecular weight excluding hydrogens is 184 g/mol. The molecule has 0 aliphatic heterocycles. The van der Waals surface area contributed by atoms with Crippen molar-refractivity contribution in [2.45, 2.75) is 45.6 Å². The summed E-state index contributed by atoms with van der Waals surface area (Å²) in [5.41, 5.74) is 0. The van der Waals surface area contributed by atoms with Crippen molar-refractivity contribution >= 4 is 0 Å². The van der Waals surface area contributed by atoms with E-state index in [0.29, 0.717) is 0 Å². The number of hydrogen-bond donors (Lipinski definition) is 3. The lowest BCUT2D eigenvalue weighted by molar-refractivity contribution is -1.21. The average molecular weight is 206 g/mol. The molecule has 0 aromatic carbocycles. The monoisotopic (exact) mass is 206 g/mol. The summed E-state index contributed by atoms with van der Waals surface area (Å²) in [6, 6.07) is -0.126. The third-order valence-electron chi connectivity index (χ3n) is 2.16. The lowest BCUT2D eigenvalue weighted by atomic mass is 10.2. The number of hydrogen-bond acceptors (Lipinski definition) is 4. The Morgan fingerprint density at radius 3 is 2.36 bits per heavy atom. The molecule has 0 heterocycles. The molecule has 0 aromatic heterocycles. The van der Waals surface area contributed by atoms with Crippen LogP contribution in [0.15, 0.2) is 0 Å². The van der Waals surface area contributed by atoms with Crippen LogP contribution in [0.1, 0.15) is 39.5 Å². The Labute approximate surface area is 85.4 Å². The first-order valence-electron chi connectivity index (χ1n) is 5.27. The predicted molar refractivity (Wildman–Crippen MR) is 53.7 cm³/mol. The zero-order valence-corrected chi connectivity index (χ0v) is 9.07. The van der Waals surface area contributed by atoms with E-state index in [9.17, 15) is 5.21 Å². The van der Waals surface area contributed by atoms with Gasteiger partial charge in [-0.1, -0.05) is 31.7 Å². The van der Waals surface area contributed by atoms with Crippen molar-refractivity contribution in [1.82, 2.24) is 5.32 Å². The van der Waals surface area contributed by atoms with Crippen LogP contribution in [0.3, 0.4) is 0 Å². The van der Waals surface area contributed by atoms with Gasteiger partial charge < -0.3 is 10.5 Å². The van der Waals surface area contributed by atoms with Gasteiger partial charge in [-0.05, 0) is 19.4 Å². The summed E-state index contributed by atoms with van der Waals surface area (Å²) in [5.74, 6) is 0.